The van der Waals surface area contributed by atoms with E-state index in [1.165, 1.54) is 6.07 Å². The van der Waals surface area contributed by atoms with Crippen LogP contribution in [0.3, 0.4) is 0 Å². The minimum absolute atomic E-state index is 0.151. The maximum absolute atomic E-state index is 14.0. The summed E-state index contributed by atoms with van der Waals surface area (Å²) in [6.45, 7) is 1.43. The molecular formula is C12H14BrFN2O3. The molecule has 1 fully saturated rings. The van der Waals surface area contributed by atoms with Crippen molar-refractivity contribution in [3.05, 3.63) is 32.5 Å². The number of piperidine rings is 1. The van der Waals surface area contributed by atoms with Gasteiger partial charge in [0, 0.05) is 25.8 Å². The van der Waals surface area contributed by atoms with Crippen molar-refractivity contribution in [2.75, 3.05) is 24.6 Å². The number of non-ortho nitro benzene ring substituents is 1. The number of anilines is 1. The van der Waals surface area contributed by atoms with Gasteiger partial charge < -0.3 is 10.0 Å². The molecule has 0 amide bonds. The zero-order valence-corrected chi connectivity index (χ0v) is 11.8. The summed E-state index contributed by atoms with van der Waals surface area (Å²) in [6, 6.07) is 2.26. The number of benzene rings is 1. The molecule has 0 aromatic heterocycles. The SMILES string of the molecule is O=[N+]([O-])c1cc(F)c(N2CCC(CO)CC2)c(Br)c1. The zero-order chi connectivity index (χ0) is 14.0. The Kier molecular flexibility index (Phi) is 4.36. The van der Waals surface area contributed by atoms with Crippen LogP contribution in [-0.2, 0) is 0 Å². The summed E-state index contributed by atoms with van der Waals surface area (Å²) in [4.78, 5) is 11.9. The third-order valence-electron chi connectivity index (χ3n) is 3.40. The molecule has 0 unspecified atom stereocenters. The molecular weight excluding hydrogens is 319 g/mol. The Balaban J connectivity index is 2.24. The van der Waals surface area contributed by atoms with Crippen molar-refractivity contribution >= 4 is 27.3 Å². The molecule has 104 valence electrons. The Morgan fingerprint density at radius 2 is 2.11 bits per heavy atom. The molecule has 19 heavy (non-hydrogen) atoms. The molecule has 1 aliphatic rings. The second-order valence-corrected chi connectivity index (χ2v) is 5.48. The van der Waals surface area contributed by atoms with Crippen LogP contribution in [0.2, 0.25) is 0 Å². The Morgan fingerprint density at radius 1 is 1.47 bits per heavy atom. The van der Waals surface area contributed by atoms with Gasteiger partial charge in [0.25, 0.3) is 5.69 Å². The Labute approximate surface area is 118 Å². The van der Waals surface area contributed by atoms with Gasteiger partial charge in [0.1, 0.15) is 0 Å². The number of nitro groups is 1. The Bertz CT molecular complexity index is 467. The number of hydrogen-bond acceptors (Lipinski definition) is 4. The quantitative estimate of drug-likeness (QED) is 0.682. The summed E-state index contributed by atoms with van der Waals surface area (Å²) in [7, 11) is 0. The van der Waals surface area contributed by atoms with Crippen molar-refractivity contribution in [3.8, 4) is 0 Å². The molecule has 0 bridgehead atoms. The van der Waals surface area contributed by atoms with Crippen LogP contribution in [-0.4, -0.2) is 29.7 Å². The molecule has 7 heteroatoms. The lowest BCUT2D eigenvalue weighted by Crippen LogP contribution is -2.35. The van der Waals surface area contributed by atoms with Crippen molar-refractivity contribution in [1.82, 2.24) is 0 Å². The van der Waals surface area contributed by atoms with E-state index in [9.17, 15) is 14.5 Å². The highest BCUT2D eigenvalue weighted by molar-refractivity contribution is 9.10. The van der Waals surface area contributed by atoms with E-state index in [1.54, 1.807) is 0 Å². The fourth-order valence-corrected chi connectivity index (χ4v) is 2.97. The third-order valence-corrected chi connectivity index (χ3v) is 4.01. The minimum Gasteiger partial charge on any atom is -0.396 e. The molecule has 0 atom stereocenters. The molecule has 0 spiro atoms. The van der Waals surface area contributed by atoms with E-state index in [1.807, 2.05) is 4.90 Å². The first-order valence-corrected chi connectivity index (χ1v) is 6.81. The number of aliphatic hydroxyl groups excluding tert-OH is 1. The van der Waals surface area contributed by atoms with E-state index >= 15 is 0 Å². The minimum atomic E-state index is -0.615. The van der Waals surface area contributed by atoms with Crippen LogP contribution in [0.25, 0.3) is 0 Å². The van der Waals surface area contributed by atoms with E-state index in [4.69, 9.17) is 5.11 Å². The maximum atomic E-state index is 14.0. The zero-order valence-electron chi connectivity index (χ0n) is 10.2. The van der Waals surface area contributed by atoms with E-state index in [-0.39, 0.29) is 18.2 Å². The smallest absolute Gasteiger partial charge is 0.273 e. The van der Waals surface area contributed by atoms with Gasteiger partial charge in [-0.2, -0.15) is 0 Å². The van der Waals surface area contributed by atoms with E-state index < -0.39 is 10.7 Å². The maximum Gasteiger partial charge on any atom is 0.273 e. The Morgan fingerprint density at radius 3 is 2.58 bits per heavy atom. The second kappa shape index (κ2) is 5.83. The normalized spacial score (nSPS) is 16.7. The number of nitro benzene ring substituents is 1. The summed E-state index contributed by atoms with van der Waals surface area (Å²) in [5, 5.41) is 19.7. The molecule has 0 radical (unpaired) electrons. The van der Waals surface area contributed by atoms with Crippen molar-refractivity contribution in [1.29, 1.82) is 0 Å². The van der Waals surface area contributed by atoms with Gasteiger partial charge >= 0.3 is 0 Å². The van der Waals surface area contributed by atoms with E-state index in [0.717, 1.165) is 18.9 Å². The van der Waals surface area contributed by atoms with Crippen molar-refractivity contribution in [3.63, 3.8) is 0 Å². The third kappa shape index (κ3) is 3.03. The van der Waals surface area contributed by atoms with E-state index in [2.05, 4.69) is 15.9 Å². The topological polar surface area (TPSA) is 66.6 Å². The molecule has 1 aliphatic heterocycles. The molecule has 0 aliphatic carbocycles. The predicted octanol–water partition coefficient (Wildman–Crippen LogP) is 2.71. The summed E-state index contributed by atoms with van der Waals surface area (Å²) < 4.78 is 14.4. The monoisotopic (exact) mass is 332 g/mol. The lowest BCUT2D eigenvalue weighted by Gasteiger charge is -2.33. The molecule has 1 aromatic rings. The largest absolute Gasteiger partial charge is 0.396 e. The number of nitrogens with zero attached hydrogens (tertiary/aromatic N) is 2. The van der Waals surface area contributed by atoms with Crippen molar-refractivity contribution < 1.29 is 14.4 Å². The summed E-state index contributed by atoms with van der Waals surface area (Å²) in [6.07, 6.45) is 1.58. The second-order valence-electron chi connectivity index (χ2n) is 4.63. The lowest BCUT2D eigenvalue weighted by atomic mass is 9.97. The highest BCUT2D eigenvalue weighted by atomic mass is 79.9. The highest BCUT2D eigenvalue weighted by Crippen LogP contribution is 2.35. The number of rotatable bonds is 3. The summed E-state index contributed by atoms with van der Waals surface area (Å²) in [5.74, 6) is -0.334. The average Bonchev–Trinajstić information content (AvgIpc) is 2.38. The summed E-state index contributed by atoms with van der Waals surface area (Å²) >= 11 is 3.20. The van der Waals surface area contributed by atoms with Gasteiger partial charge in [0.15, 0.2) is 5.82 Å². The molecule has 1 saturated heterocycles. The molecule has 0 saturated carbocycles. The van der Waals surface area contributed by atoms with Crippen molar-refractivity contribution in [2.45, 2.75) is 12.8 Å². The van der Waals surface area contributed by atoms with Crippen LogP contribution in [0.5, 0.6) is 0 Å². The summed E-state index contributed by atoms with van der Waals surface area (Å²) in [5.41, 5.74) is 0.0976. The first-order valence-electron chi connectivity index (χ1n) is 6.02. The van der Waals surface area contributed by atoms with Crippen LogP contribution in [0, 0.1) is 21.8 Å². The van der Waals surface area contributed by atoms with E-state index in [0.29, 0.717) is 23.2 Å². The van der Waals surface area contributed by atoms with Gasteiger partial charge in [-0.25, -0.2) is 4.39 Å². The number of hydrogen-bond donors (Lipinski definition) is 1. The first kappa shape index (κ1) is 14.2. The molecule has 1 heterocycles. The predicted molar refractivity (Wildman–Crippen MR) is 72.8 cm³/mol. The van der Waals surface area contributed by atoms with Gasteiger partial charge in [-0.3, -0.25) is 10.1 Å². The molecule has 2 rings (SSSR count). The number of aliphatic hydroxyl groups is 1. The van der Waals surface area contributed by atoms with Gasteiger partial charge in [0.2, 0.25) is 0 Å². The van der Waals surface area contributed by atoms with Gasteiger partial charge in [0.05, 0.1) is 21.1 Å². The molecule has 1 aromatic carbocycles. The lowest BCUT2D eigenvalue weighted by molar-refractivity contribution is -0.385. The van der Waals surface area contributed by atoms with Crippen LogP contribution in [0.1, 0.15) is 12.8 Å². The molecule has 1 N–H and O–H groups in total. The van der Waals surface area contributed by atoms with Crippen LogP contribution in [0.15, 0.2) is 16.6 Å². The first-order chi connectivity index (χ1) is 9.02. The molecule has 5 nitrogen and oxygen atoms in total. The number of halogens is 2. The van der Waals surface area contributed by atoms with Crippen LogP contribution in [0.4, 0.5) is 15.8 Å². The Hall–Kier alpha value is -1.21. The van der Waals surface area contributed by atoms with Crippen LogP contribution < -0.4 is 4.90 Å². The van der Waals surface area contributed by atoms with Gasteiger partial charge in [-0.15, -0.1) is 0 Å². The fraction of sp³-hybridized carbons (Fsp3) is 0.500. The highest BCUT2D eigenvalue weighted by Gasteiger charge is 2.24. The van der Waals surface area contributed by atoms with Crippen molar-refractivity contribution in [2.24, 2.45) is 5.92 Å². The van der Waals surface area contributed by atoms with Gasteiger partial charge in [-0.05, 0) is 34.7 Å². The average molecular weight is 333 g/mol. The fourth-order valence-electron chi connectivity index (χ4n) is 2.30. The standard InChI is InChI=1S/C12H14BrFN2O3/c13-10-5-9(16(18)19)6-11(14)12(10)15-3-1-8(7-17)2-4-15/h5-6,8,17H,1-4,7H2. The van der Waals surface area contributed by atoms with Crippen LogP contribution >= 0.6 is 15.9 Å². The van der Waals surface area contributed by atoms with Gasteiger partial charge in [-0.1, -0.05) is 0 Å².